The fourth-order valence-electron chi connectivity index (χ4n) is 8.16. The molecule has 1 atom stereocenters. The van der Waals surface area contributed by atoms with E-state index in [0.29, 0.717) is 5.92 Å². The normalized spacial score (nSPS) is 13.7. The molecule has 0 bridgehead atoms. The lowest BCUT2D eigenvalue weighted by Gasteiger charge is -2.23. The van der Waals surface area contributed by atoms with Crippen molar-refractivity contribution < 1.29 is 0 Å². The average molecular weight is 685 g/mol. The average Bonchev–Trinajstić information content (AvgIpc) is 3.43. The van der Waals surface area contributed by atoms with Crippen LogP contribution < -0.4 is 0 Å². The smallest absolute Gasteiger partial charge is 0.0158 e. The van der Waals surface area contributed by atoms with Crippen LogP contribution in [0.3, 0.4) is 0 Å². The Morgan fingerprint density at radius 2 is 1.36 bits per heavy atom. The second-order valence-corrected chi connectivity index (χ2v) is 14.8. The summed E-state index contributed by atoms with van der Waals surface area (Å²) in [7, 11) is 0. The van der Waals surface area contributed by atoms with E-state index in [4.69, 9.17) is 0 Å². The van der Waals surface area contributed by atoms with Gasteiger partial charge in [0, 0.05) is 5.41 Å². The van der Waals surface area contributed by atoms with Gasteiger partial charge in [-0.15, -0.1) is 0 Å². The van der Waals surface area contributed by atoms with Crippen molar-refractivity contribution in [1.29, 1.82) is 0 Å². The number of hydrogen-bond donors (Lipinski definition) is 0. The van der Waals surface area contributed by atoms with E-state index in [9.17, 15) is 0 Å². The van der Waals surface area contributed by atoms with Crippen LogP contribution in [0.2, 0.25) is 0 Å². The van der Waals surface area contributed by atoms with Crippen LogP contribution in [0.5, 0.6) is 0 Å². The van der Waals surface area contributed by atoms with E-state index in [1.54, 1.807) is 6.08 Å². The first-order valence-electron chi connectivity index (χ1n) is 18.7. The molecule has 6 aromatic rings. The second-order valence-electron chi connectivity index (χ2n) is 14.8. The molecule has 0 aromatic heterocycles. The lowest BCUT2D eigenvalue weighted by atomic mass is 9.80. The minimum absolute atomic E-state index is 0.0127. The monoisotopic (exact) mass is 684 g/mol. The van der Waals surface area contributed by atoms with Gasteiger partial charge < -0.3 is 0 Å². The van der Waals surface area contributed by atoms with E-state index >= 15 is 0 Å². The van der Waals surface area contributed by atoms with E-state index in [1.807, 2.05) is 18.2 Å². The highest BCUT2D eigenvalue weighted by molar-refractivity contribution is 5.98. The zero-order valence-corrected chi connectivity index (χ0v) is 31.1. The molecule has 0 heterocycles. The van der Waals surface area contributed by atoms with Gasteiger partial charge in [-0.2, -0.15) is 0 Å². The van der Waals surface area contributed by atoms with Crippen LogP contribution in [0.25, 0.3) is 38.6 Å². The van der Waals surface area contributed by atoms with Gasteiger partial charge >= 0.3 is 0 Å². The van der Waals surface area contributed by atoms with E-state index < -0.39 is 0 Å². The second kappa shape index (κ2) is 15.3. The molecule has 0 heteroatoms. The maximum absolute atomic E-state index is 4.31. The van der Waals surface area contributed by atoms with Gasteiger partial charge in [-0.3, -0.25) is 0 Å². The van der Waals surface area contributed by atoms with Crippen LogP contribution in [0.15, 0.2) is 201 Å². The van der Waals surface area contributed by atoms with Gasteiger partial charge in [-0.05, 0) is 114 Å². The Morgan fingerprint density at radius 3 is 2.15 bits per heavy atom. The Kier molecular flexibility index (Phi) is 10.2. The number of allylic oxidation sites excluding steroid dienone is 8. The molecule has 0 amide bonds. The van der Waals surface area contributed by atoms with E-state index in [1.165, 1.54) is 60.8 Å². The summed E-state index contributed by atoms with van der Waals surface area (Å²) in [4.78, 5) is 0. The van der Waals surface area contributed by atoms with Gasteiger partial charge in [-0.1, -0.05) is 198 Å². The highest BCUT2D eigenvalue weighted by Crippen LogP contribution is 2.49. The van der Waals surface area contributed by atoms with Crippen molar-refractivity contribution >= 4 is 16.3 Å². The zero-order valence-electron chi connectivity index (χ0n) is 31.1. The summed E-state index contributed by atoms with van der Waals surface area (Å²) in [5.74, 6) is 0.299. The summed E-state index contributed by atoms with van der Waals surface area (Å²) in [6.45, 7) is 21.2. The standard InChI is InChI=1S/C53H48/c1-7-9-18-37(3)38(4)33-41(8-2)45-31-32-46(48-24-14-13-23-47(45)48)44(35-40-19-17-22-43(34-40)42-20-11-10-12-21-42)29-27-39-28-30-50-49-25-15-16-26-51(49)53(5,6)52(50)36-39/h7-26,28,30-34,36,44H,1-4,27,29,35H2,5-6H3. The Labute approximate surface area is 316 Å². The van der Waals surface area contributed by atoms with Crippen molar-refractivity contribution in [3.8, 4) is 22.3 Å². The van der Waals surface area contributed by atoms with Gasteiger partial charge in [0.25, 0.3) is 0 Å². The molecule has 6 aromatic carbocycles. The number of rotatable bonds is 13. The molecule has 53 heavy (non-hydrogen) atoms. The molecule has 0 aliphatic heterocycles. The molecule has 0 fully saturated rings. The lowest BCUT2D eigenvalue weighted by molar-refractivity contribution is 0.622. The topological polar surface area (TPSA) is 0 Å². The molecule has 0 spiro atoms. The summed E-state index contributed by atoms with van der Waals surface area (Å²) in [6.07, 6.45) is 12.6. The van der Waals surface area contributed by atoms with Gasteiger partial charge in [0.2, 0.25) is 0 Å². The zero-order chi connectivity index (χ0) is 37.0. The third-order valence-corrected chi connectivity index (χ3v) is 11.0. The molecule has 0 saturated carbocycles. The molecule has 1 unspecified atom stereocenters. The Bertz CT molecular complexity index is 2410. The van der Waals surface area contributed by atoms with Gasteiger partial charge in [0.1, 0.15) is 0 Å². The third-order valence-electron chi connectivity index (χ3n) is 11.0. The van der Waals surface area contributed by atoms with Crippen molar-refractivity contribution in [3.05, 3.63) is 235 Å². The van der Waals surface area contributed by atoms with E-state index in [0.717, 1.165) is 41.5 Å². The highest BCUT2D eigenvalue weighted by Gasteiger charge is 2.35. The van der Waals surface area contributed by atoms with Gasteiger partial charge in [0.05, 0.1) is 0 Å². The van der Waals surface area contributed by atoms with Crippen molar-refractivity contribution in [2.75, 3.05) is 0 Å². The predicted molar refractivity (Wildman–Crippen MR) is 230 cm³/mol. The summed E-state index contributed by atoms with van der Waals surface area (Å²) >= 11 is 0. The molecular formula is C53H48. The molecule has 0 saturated heterocycles. The Hall–Kier alpha value is -5.98. The lowest BCUT2D eigenvalue weighted by Crippen LogP contribution is -2.15. The first kappa shape index (κ1) is 35.4. The number of hydrogen-bond acceptors (Lipinski definition) is 0. The van der Waals surface area contributed by atoms with Crippen molar-refractivity contribution in [2.45, 2.75) is 44.4 Å². The number of fused-ring (bicyclic) bond motifs is 4. The highest BCUT2D eigenvalue weighted by atomic mass is 14.4. The SMILES string of the molecule is C=CC=CC(=C)C(=C)C=C(C=C)c1ccc(C(CCc2ccc3c(c2)C(C)(C)c2ccccc2-3)Cc2cccc(-c3ccccc3)c2)c2ccccc12. The van der Waals surface area contributed by atoms with Gasteiger partial charge in [-0.25, -0.2) is 0 Å². The molecule has 0 N–H and O–H groups in total. The van der Waals surface area contributed by atoms with Gasteiger partial charge in [0.15, 0.2) is 0 Å². The largest absolute Gasteiger partial charge is 0.0991 e. The van der Waals surface area contributed by atoms with E-state index in [-0.39, 0.29) is 5.41 Å². The first-order chi connectivity index (χ1) is 25.8. The first-order valence-corrected chi connectivity index (χ1v) is 18.7. The van der Waals surface area contributed by atoms with Crippen LogP contribution in [-0.4, -0.2) is 0 Å². The third kappa shape index (κ3) is 7.24. The molecule has 260 valence electrons. The van der Waals surface area contributed by atoms with Crippen molar-refractivity contribution in [2.24, 2.45) is 0 Å². The van der Waals surface area contributed by atoms with Crippen LogP contribution in [0, 0.1) is 0 Å². The summed E-state index contributed by atoms with van der Waals surface area (Å²) in [5.41, 5.74) is 16.1. The molecule has 7 rings (SSSR count). The minimum Gasteiger partial charge on any atom is -0.0991 e. The predicted octanol–water partition coefficient (Wildman–Crippen LogP) is 14.2. The molecule has 1 aliphatic carbocycles. The minimum atomic E-state index is -0.0127. The Balaban J connectivity index is 1.27. The summed E-state index contributed by atoms with van der Waals surface area (Å²) in [5, 5.41) is 2.50. The van der Waals surface area contributed by atoms with Crippen molar-refractivity contribution in [3.63, 3.8) is 0 Å². The quantitative estimate of drug-likeness (QED) is 0.106. The van der Waals surface area contributed by atoms with Crippen LogP contribution in [-0.2, 0) is 18.3 Å². The molecule has 1 aliphatic rings. The molecular weight excluding hydrogens is 637 g/mol. The van der Waals surface area contributed by atoms with Crippen LogP contribution in [0.4, 0.5) is 0 Å². The fraction of sp³-hybridized carbons (Fsp3) is 0.132. The van der Waals surface area contributed by atoms with Crippen molar-refractivity contribution in [1.82, 2.24) is 0 Å². The van der Waals surface area contributed by atoms with E-state index in [2.05, 4.69) is 180 Å². The van der Waals surface area contributed by atoms with Crippen LogP contribution in [0.1, 0.15) is 59.6 Å². The van der Waals surface area contributed by atoms with Crippen LogP contribution >= 0.6 is 0 Å². The molecule has 0 radical (unpaired) electrons. The number of aryl methyl sites for hydroxylation is 1. The number of benzene rings is 6. The molecule has 0 nitrogen and oxygen atoms in total. The fourth-order valence-corrected chi connectivity index (χ4v) is 8.16. The maximum atomic E-state index is 4.31. The summed E-state index contributed by atoms with van der Waals surface area (Å²) in [6, 6.07) is 49.4. The Morgan fingerprint density at radius 1 is 0.642 bits per heavy atom. The maximum Gasteiger partial charge on any atom is 0.0158 e. The summed E-state index contributed by atoms with van der Waals surface area (Å²) < 4.78 is 0.